The van der Waals surface area contributed by atoms with Crippen molar-refractivity contribution in [1.29, 1.82) is 0 Å². The molecule has 1 aromatic rings. The molecule has 2 N–H and O–H groups in total. The molecule has 1 atom stereocenters. The summed E-state index contributed by atoms with van der Waals surface area (Å²) in [5.41, 5.74) is 0. The summed E-state index contributed by atoms with van der Waals surface area (Å²) in [6.45, 7) is 6.49. The first-order valence-corrected chi connectivity index (χ1v) is 12.9. The van der Waals surface area contributed by atoms with Crippen LogP contribution in [0.25, 0.3) is 0 Å². The van der Waals surface area contributed by atoms with Crippen LogP contribution in [0.1, 0.15) is 99.5 Å². The summed E-state index contributed by atoms with van der Waals surface area (Å²) in [5.74, 6) is 1.75. The van der Waals surface area contributed by atoms with Gasteiger partial charge in [0.1, 0.15) is 0 Å². The Morgan fingerprint density at radius 1 is 0.933 bits per heavy atom. The molecule has 0 aliphatic heterocycles. The summed E-state index contributed by atoms with van der Waals surface area (Å²) >= 11 is 1.62. The van der Waals surface area contributed by atoms with E-state index in [0.29, 0.717) is 5.92 Å². The highest BCUT2D eigenvalue weighted by Gasteiger charge is 2.27. The molecule has 2 fully saturated rings. The van der Waals surface area contributed by atoms with Crippen molar-refractivity contribution in [3.8, 4) is 0 Å². The Hall–Kier alpha value is -1.36. The van der Waals surface area contributed by atoms with Crippen LogP contribution < -0.4 is 10.6 Å². The van der Waals surface area contributed by atoms with Crippen molar-refractivity contribution in [2.24, 2.45) is 17.8 Å². The summed E-state index contributed by atoms with van der Waals surface area (Å²) in [6, 6.07) is 4.53. The molecule has 2 aliphatic carbocycles. The third-order valence-electron chi connectivity index (χ3n) is 6.76. The third kappa shape index (κ3) is 7.11. The van der Waals surface area contributed by atoms with E-state index in [9.17, 15) is 9.59 Å². The van der Waals surface area contributed by atoms with Crippen LogP contribution in [0, 0.1) is 17.8 Å². The number of carbonyl (C=O) groups is 2. The fraction of sp³-hybridized carbons (Fsp3) is 0.760. The van der Waals surface area contributed by atoms with Gasteiger partial charge in [0.15, 0.2) is 0 Å². The maximum atomic E-state index is 12.6. The maximum Gasteiger partial charge on any atom is 0.261 e. The Bertz CT molecular complexity index is 685. The monoisotopic (exact) mass is 432 g/mol. The molecule has 0 aromatic carbocycles. The van der Waals surface area contributed by atoms with Crippen molar-refractivity contribution < 1.29 is 9.59 Å². The Morgan fingerprint density at radius 3 is 2.20 bits per heavy atom. The average Bonchev–Trinajstić information content (AvgIpc) is 3.18. The zero-order valence-electron chi connectivity index (χ0n) is 19.0. The lowest BCUT2D eigenvalue weighted by atomic mass is 9.83. The number of hydrogen-bond donors (Lipinski definition) is 2. The van der Waals surface area contributed by atoms with E-state index in [1.54, 1.807) is 11.3 Å². The number of carbonyl (C=O) groups excluding carboxylic acids is 2. The summed E-state index contributed by atoms with van der Waals surface area (Å²) in [4.78, 5) is 27.3. The highest BCUT2D eigenvalue weighted by Crippen LogP contribution is 2.29. The van der Waals surface area contributed by atoms with Gasteiger partial charge in [-0.05, 0) is 62.5 Å². The lowest BCUT2D eigenvalue weighted by molar-refractivity contribution is -0.126. The van der Waals surface area contributed by atoms with E-state index in [0.717, 1.165) is 49.3 Å². The lowest BCUT2D eigenvalue weighted by Gasteiger charge is -2.31. The molecule has 0 radical (unpaired) electrons. The molecule has 0 saturated heterocycles. The Labute approximate surface area is 186 Å². The fourth-order valence-electron chi connectivity index (χ4n) is 5.02. The van der Waals surface area contributed by atoms with Gasteiger partial charge < -0.3 is 10.6 Å². The van der Waals surface area contributed by atoms with E-state index in [2.05, 4.69) is 37.5 Å². The summed E-state index contributed by atoms with van der Waals surface area (Å²) < 4.78 is 0. The van der Waals surface area contributed by atoms with Crippen LogP contribution in [0.4, 0.5) is 0 Å². The normalized spacial score (nSPS) is 23.9. The number of rotatable bonds is 8. The topological polar surface area (TPSA) is 58.2 Å². The molecule has 2 aliphatic rings. The molecule has 0 bridgehead atoms. The van der Waals surface area contributed by atoms with Gasteiger partial charge in [0.25, 0.3) is 5.91 Å². The number of nitrogens with one attached hydrogen (secondary N) is 2. The first kappa shape index (κ1) is 23.3. The van der Waals surface area contributed by atoms with E-state index in [4.69, 9.17) is 0 Å². The first-order valence-electron chi connectivity index (χ1n) is 12.1. The van der Waals surface area contributed by atoms with Gasteiger partial charge in [-0.1, -0.05) is 52.9 Å². The number of thiophene rings is 1. The molecular weight excluding hydrogens is 392 g/mol. The third-order valence-corrected chi connectivity index (χ3v) is 7.87. The molecular formula is C25H40N2O2S. The standard InChI is InChI=1S/C25H40N2O2S/c1-17(2)15-22-13-14-23(30-22)25(29)27-21-11-9-20(10-12-21)26-24(28)18(3)16-19-7-5-4-6-8-19/h13-14,17-21H,4-12,15-16H2,1-3H3,(H,26,28)(H,27,29). The molecule has 2 saturated carbocycles. The van der Waals surface area contributed by atoms with Gasteiger partial charge in [-0.3, -0.25) is 9.59 Å². The predicted octanol–water partition coefficient (Wildman–Crippen LogP) is 5.71. The predicted molar refractivity (Wildman–Crippen MR) is 125 cm³/mol. The molecule has 1 heterocycles. The van der Waals surface area contributed by atoms with Crippen LogP contribution in [-0.2, 0) is 11.2 Å². The SMILES string of the molecule is CC(C)Cc1ccc(C(=O)NC2CCC(NC(=O)C(C)CC3CCCCC3)CC2)s1. The summed E-state index contributed by atoms with van der Waals surface area (Å²) in [5, 5.41) is 6.50. The quantitative estimate of drug-likeness (QED) is 0.553. The van der Waals surface area contributed by atoms with Crippen molar-refractivity contribution in [3.63, 3.8) is 0 Å². The highest BCUT2D eigenvalue weighted by atomic mass is 32.1. The molecule has 1 unspecified atom stereocenters. The van der Waals surface area contributed by atoms with Gasteiger partial charge in [-0.2, -0.15) is 0 Å². The van der Waals surface area contributed by atoms with Gasteiger partial charge in [0.2, 0.25) is 5.91 Å². The molecule has 30 heavy (non-hydrogen) atoms. The minimum Gasteiger partial charge on any atom is -0.353 e. The fourth-order valence-corrected chi connectivity index (χ4v) is 6.15. The van der Waals surface area contributed by atoms with Gasteiger partial charge in [0, 0.05) is 22.9 Å². The van der Waals surface area contributed by atoms with E-state index in [1.807, 2.05) is 6.07 Å². The van der Waals surface area contributed by atoms with Crippen molar-refractivity contribution in [2.45, 2.75) is 103 Å². The molecule has 4 nitrogen and oxygen atoms in total. The van der Waals surface area contributed by atoms with Crippen LogP contribution in [0.15, 0.2) is 12.1 Å². The second-order valence-electron chi connectivity index (χ2n) is 10.0. The van der Waals surface area contributed by atoms with Gasteiger partial charge in [0.05, 0.1) is 4.88 Å². The smallest absolute Gasteiger partial charge is 0.261 e. The second kappa shape index (κ2) is 11.3. The number of amides is 2. The summed E-state index contributed by atoms with van der Waals surface area (Å²) in [7, 11) is 0. The first-order chi connectivity index (χ1) is 14.4. The van der Waals surface area contributed by atoms with E-state index >= 15 is 0 Å². The van der Waals surface area contributed by atoms with E-state index < -0.39 is 0 Å². The number of hydrogen-bond acceptors (Lipinski definition) is 3. The average molecular weight is 433 g/mol. The van der Waals surface area contributed by atoms with Crippen LogP contribution in [0.3, 0.4) is 0 Å². The Balaban J connectivity index is 1.37. The Kier molecular flexibility index (Phi) is 8.79. The van der Waals surface area contributed by atoms with Gasteiger partial charge in [-0.25, -0.2) is 0 Å². The van der Waals surface area contributed by atoms with Crippen LogP contribution in [-0.4, -0.2) is 23.9 Å². The highest BCUT2D eigenvalue weighted by molar-refractivity contribution is 7.14. The largest absolute Gasteiger partial charge is 0.353 e. The second-order valence-corrected chi connectivity index (χ2v) is 11.2. The van der Waals surface area contributed by atoms with Crippen molar-refractivity contribution in [3.05, 3.63) is 21.9 Å². The van der Waals surface area contributed by atoms with E-state index in [-0.39, 0.29) is 29.8 Å². The molecule has 5 heteroatoms. The van der Waals surface area contributed by atoms with E-state index in [1.165, 1.54) is 37.0 Å². The van der Waals surface area contributed by atoms with Crippen molar-refractivity contribution in [1.82, 2.24) is 10.6 Å². The van der Waals surface area contributed by atoms with Crippen LogP contribution in [0.2, 0.25) is 0 Å². The minimum atomic E-state index is 0.0589. The maximum absolute atomic E-state index is 12.6. The van der Waals surface area contributed by atoms with Gasteiger partial charge >= 0.3 is 0 Å². The zero-order valence-corrected chi connectivity index (χ0v) is 19.9. The summed E-state index contributed by atoms with van der Waals surface area (Å²) in [6.07, 6.45) is 12.5. The van der Waals surface area contributed by atoms with Crippen LogP contribution in [0.5, 0.6) is 0 Å². The Morgan fingerprint density at radius 2 is 1.57 bits per heavy atom. The van der Waals surface area contributed by atoms with Gasteiger partial charge in [-0.15, -0.1) is 11.3 Å². The van der Waals surface area contributed by atoms with Crippen LogP contribution >= 0.6 is 11.3 Å². The molecule has 1 aromatic heterocycles. The minimum absolute atomic E-state index is 0.0589. The van der Waals surface area contributed by atoms with Crippen molar-refractivity contribution >= 4 is 23.2 Å². The molecule has 2 amide bonds. The van der Waals surface area contributed by atoms with Crippen molar-refractivity contribution in [2.75, 3.05) is 0 Å². The molecule has 168 valence electrons. The molecule has 3 rings (SSSR count). The zero-order chi connectivity index (χ0) is 21.5. The lowest BCUT2D eigenvalue weighted by Crippen LogP contribution is -2.45. The molecule has 0 spiro atoms.